The maximum absolute atomic E-state index is 12.1. The summed E-state index contributed by atoms with van der Waals surface area (Å²) in [5.41, 5.74) is 2.01. The summed E-state index contributed by atoms with van der Waals surface area (Å²) in [5, 5.41) is 5.59. The standard InChI is InChI=1S/C14H20F3N3O.HI/c1-10-6-11(8-12(7-10)21-3)9-20-13(18-2)19-5-4-14(15,16)17;/h6-8H,4-5,9H2,1-3H3,(H2,18,19,20);1H. The van der Waals surface area contributed by atoms with Gasteiger partial charge in [-0.2, -0.15) is 13.2 Å². The zero-order chi connectivity index (χ0) is 15.9. The maximum atomic E-state index is 12.1. The molecule has 0 bridgehead atoms. The Kier molecular flexibility index (Phi) is 9.22. The van der Waals surface area contributed by atoms with Crippen LogP contribution in [0, 0.1) is 6.92 Å². The molecule has 0 fully saturated rings. The van der Waals surface area contributed by atoms with Gasteiger partial charge in [-0.05, 0) is 30.2 Å². The van der Waals surface area contributed by atoms with Crippen molar-refractivity contribution in [2.45, 2.75) is 26.1 Å². The Bertz CT molecular complexity index is 493. The van der Waals surface area contributed by atoms with Gasteiger partial charge in [-0.15, -0.1) is 24.0 Å². The lowest BCUT2D eigenvalue weighted by molar-refractivity contribution is -0.132. The topological polar surface area (TPSA) is 45.7 Å². The first-order chi connectivity index (χ1) is 9.84. The van der Waals surface area contributed by atoms with Crippen molar-refractivity contribution < 1.29 is 17.9 Å². The van der Waals surface area contributed by atoms with Crippen molar-refractivity contribution >= 4 is 29.9 Å². The summed E-state index contributed by atoms with van der Waals surface area (Å²) in [6.07, 6.45) is -5.07. The van der Waals surface area contributed by atoms with Gasteiger partial charge < -0.3 is 15.4 Å². The van der Waals surface area contributed by atoms with Gasteiger partial charge in [0.15, 0.2) is 5.96 Å². The summed E-state index contributed by atoms with van der Waals surface area (Å²) in [4.78, 5) is 3.88. The highest BCUT2D eigenvalue weighted by Crippen LogP contribution is 2.18. The molecule has 1 aromatic rings. The smallest absolute Gasteiger partial charge is 0.390 e. The summed E-state index contributed by atoms with van der Waals surface area (Å²) in [6, 6.07) is 5.74. The van der Waals surface area contributed by atoms with Gasteiger partial charge in [0.05, 0.1) is 13.5 Å². The number of halogens is 4. The molecule has 4 nitrogen and oxygen atoms in total. The van der Waals surface area contributed by atoms with Crippen molar-refractivity contribution in [3.63, 3.8) is 0 Å². The maximum Gasteiger partial charge on any atom is 0.390 e. The third-order valence-corrected chi connectivity index (χ3v) is 2.73. The SMILES string of the molecule is CN=C(NCCC(F)(F)F)NCc1cc(C)cc(OC)c1.I. The predicted octanol–water partition coefficient (Wildman–Crippen LogP) is 3.24. The van der Waals surface area contributed by atoms with Gasteiger partial charge in [-0.1, -0.05) is 6.07 Å². The van der Waals surface area contributed by atoms with Crippen molar-refractivity contribution in [2.75, 3.05) is 20.7 Å². The summed E-state index contributed by atoms with van der Waals surface area (Å²) in [6.45, 7) is 2.19. The monoisotopic (exact) mass is 431 g/mol. The minimum Gasteiger partial charge on any atom is -0.497 e. The number of methoxy groups -OCH3 is 1. The van der Waals surface area contributed by atoms with Crippen LogP contribution >= 0.6 is 24.0 Å². The first-order valence-electron chi connectivity index (χ1n) is 6.50. The molecule has 126 valence electrons. The average Bonchev–Trinajstić information content (AvgIpc) is 2.40. The summed E-state index contributed by atoms with van der Waals surface area (Å²) in [7, 11) is 3.10. The van der Waals surface area contributed by atoms with Gasteiger partial charge in [0.1, 0.15) is 5.75 Å². The van der Waals surface area contributed by atoms with E-state index in [1.807, 2.05) is 25.1 Å². The molecule has 1 aromatic carbocycles. The van der Waals surface area contributed by atoms with E-state index >= 15 is 0 Å². The molecule has 0 aromatic heterocycles. The van der Waals surface area contributed by atoms with Crippen LogP contribution in [0.3, 0.4) is 0 Å². The van der Waals surface area contributed by atoms with E-state index < -0.39 is 12.6 Å². The Balaban J connectivity index is 0.00000441. The predicted molar refractivity (Wildman–Crippen MR) is 92.0 cm³/mol. The lowest BCUT2D eigenvalue weighted by Gasteiger charge is -2.13. The Hall–Kier alpha value is -1.19. The highest BCUT2D eigenvalue weighted by Gasteiger charge is 2.26. The van der Waals surface area contributed by atoms with Gasteiger partial charge >= 0.3 is 6.18 Å². The molecule has 0 aliphatic rings. The highest BCUT2D eigenvalue weighted by molar-refractivity contribution is 14.0. The van der Waals surface area contributed by atoms with Crippen molar-refractivity contribution in [1.82, 2.24) is 10.6 Å². The second kappa shape index (κ2) is 9.75. The number of guanidine groups is 1. The van der Waals surface area contributed by atoms with Crippen LogP contribution in [-0.2, 0) is 6.54 Å². The number of nitrogens with zero attached hydrogens (tertiary/aromatic N) is 1. The van der Waals surface area contributed by atoms with Crippen molar-refractivity contribution in [1.29, 1.82) is 0 Å². The van der Waals surface area contributed by atoms with E-state index in [1.54, 1.807) is 7.11 Å². The van der Waals surface area contributed by atoms with Crippen molar-refractivity contribution in [3.05, 3.63) is 29.3 Å². The number of hydrogen-bond acceptors (Lipinski definition) is 2. The number of alkyl halides is 3. The summed E-state index contributed by atoms with van der Waals surface area (Å²) >= 11 is 0. The van der Waals surface area contributed by atoms with Crippen LogP contribution in [-0.4, -0.2) is 32.8 Å². The molecular formula is C14H21F3IN3O. The van der Waals surface area contributed by atoms with E-state index in [9.17, 15) is 13.2 Å². The number of ether oxygens (including phenoxy) is 1. The lowest BCUT2D eigenvalue weighted by Crippen LogP contribution is -2.38. The second-order valence-electron chi connectivity index (χ2n) is 4.58. The lowest BCUT2D eigenvalue weighted by atomic mass is 10.1. The average molecular weight is 431 g/mol. The van der Waals surface area contributed by atoms with Crippen LogP contribution in [0.5, 0.6) is 5.75 Å². The number of aryl methyl sites for hydroxylation is 1. The van der Waals surface area contributed by atoms with Gasteiger partial charge in [0, 0.05) is 20.1 Å². The van der Waals surface area contributed by atoms with E-state index in [0.717, 1.165) is 16.9 Å². The summed E-state index contributed by atoms with van der Waals surface area (Å²) < 4.78 is 41.4. The molecule has 0 aliphatic heterocycles. The molecule has 0 saturated heterocycles. The Labute approximate surface area is 145 Å². The quantitative estimate of drug-likeness (QED) is 0.428. The van der Waals surface area contributed by atoms with Crippen molar-refractivity contribution in [3.8, 4) is 5.75 Å². The van der Waals surface area contributed by atoms with Crippen LogP contribution in [0.4, 0.5) is 13.2 Å². The third kappa shape index (κ3) is 8.30. The van der Waals surface area contributed by atoms with Crippen LogP contribution in [0.25, 0.3) is 0 Å². The molecular weight excluding hydrogens is 410 g/mol. The molecule has 0 amide bonds. The zero-order valence-electron chi connectivity index (χ0n) is 12.8. The zero-order valence-corrected chi connectivity index (χ0v) is 15.1. The minimum absolute atomic E-state index is 0. The Morgan fingerprint density at radius 1 is 1.23 bits per heavy atom. The fourth-order valence-corrected chi connectivity index (χ4v) is 1.77. The van der Waals surface area contributed by atoms with Crippen LogP contribution in [0.15, 0.2) is 23.2 Å². The van der Waals surface area contributed by atoms with Crippen LogP contribution in [0.2, 0.25) is 0 Å². The fraction of sp³-hybridized carbons (Fsp3) is 0.500. The first-order valence-corrected chi connectivity index (χ1v) is 6.50. The molecule has 22 heavy (non-hydrogen) atoms. The number of rotatable bonds is 5. The van der Waals surface area contributed by atoms with Gasteiger partial charge in [0.25, 0.3) is 0 Å². The van der Waals surface area contributed by atoms with Crippen LogP contribution in [0.1, 0.15) is 17.5 Å². The van der Waals surface area contributed by atoms with E-state index in [4.69, 9.17) is 4.74 Å². The molecule has 8 heteroatoms. The van der Waals surface area contributed by atoms with E-state index in [-0.39, 0.29) is 30.5 Å². The molecule has 1 rings (SSSR count). The molecule has 0 aliphatic carbocycles. The first kappa shape index (κ1) is 20.8. The van der Waals surface area contributed by atoms with E-state index in [0.29, 0.717) is 12.5 Å². The van der Waals surface area contributed by atoms with Crippen molar-refractivity contribution in [2.24, 2.45) is 4.99 Å². The number of benzene rings is 1. The molecule has 2 N–H and O–H groups in total. The second-order valence-corrected chi connectivity index (χ2v) is 4.58. The Morgan fingerprint density at radius 2 is 1.91 bits per heavy atom. The normalized spacial score (nSPS) is 11.6. The summed E-state index contributed by atoms with van der Waals surface area (Å²) in [5.74, 6) is 1.08. The van der Waals surface area contributed by atoms with E-state index in [2.05, 4.69) is 15.6 Å². The van der Waals surface area contributed by atoms with Gasteiger partial charge in [-0.3, -0.25) is 4.99 Å². The largest absolute Gasteiger partial charge is 0.497 e. The minimum atomic E-state index is -4.17. The third-order valence-electron chi connectivity index (χ3n) is 2.73. The Morgan fingerprint density at radius 3 is 2.45 bits per heavy atom. The molecule has 0 atom stereocenters. The molecule has 0 spiro atoms. The van der Waals surface area contributed by atoms with Crippen LogP contribution < -0.4 is 15.4 Å². The number of hydrogen-bond donors (Lipinski definition) is 2. The number of aliphatic imine (C=N–C) groups is 1. The molecule has 0 heterocycles. The fourth-order valence-electron chi connectivity index (χ4n) is 1.77. The van der Waals surface area contributed by atoms with E-state index in [1.165, 1.54) is 7.05 Å². The molecule has 0 saturated carbocycles. The molecule has 0 radical (unpaired) electrons. The van der Waals surface area contributed by atoms with Gasteiger partial charge in [-0.25, -0.2) is 0 Å². The number of nitrogens with one attached hydrogen (secondary N) is 2. The highest BCUT2D eigenvalue weighted by atomic mass is 127. The van der Waals surface area contributed by atoms with Gasteiger partial charge in [0.2, 0.25) is 0 Å². The molecule has 0 unspecified atom stereocenters.